The summed E-state index contributed by atoms with van der Waals surface area (Å²) in [6.07, 6.45) is 3.75. The molecule has 2 saturated heterocycles. The Hall–Kier alpha value is -1.81. The highest BCUT2D eigenvalue weighted by Gasteiger charge is 2.32. The Morgan fingerprint density at radius 1 is 0.967 bits per heavy atom. The Kier molecular flexibility index (Phi) is 6.52. The molecule has 0 unspecified atom stereocenters. The largest absolute Gasteiger partial charge is 0.441 e. The third-order valence-corrected chi connectivity index (χ3v) is 7.92. The van der Waals surface area contributed by atoms with Gasteiger partial charge in [0.1, 0.15) is 11.6 Å². The highest BCUT2D eigenvalue weighted by Crippen LogP contribution is 2.25. The average molecular weight is 437 g/mol. The van der Waals surface area contributed by atoms with Gasteiger partial charge in [-0.05, 0) is 44.9 Å². The van der Waals surface area contributed by atoms with Crippen molar-refractivity contribution in [2.45, 2.75) is 39.2 Å². The number of nitrogens with zero attached hydrogens (tertiary/aromatic N) is 4. The number of hydrogen-bond donors (Lipinski definition) is 0. The zero-order valence-corrected chi connectivity index (χ0v) is 18.2. The molecule has 0 radical (unpaired) electrons. The second kappa shape index (κ2) is 9.13. The molecule has 30 heavy (non-hydrogen) atoms. The maximum atomic E-state index is 14.1. The summed E-state index contributed by atoms with van der Waals surface area (Å²) in [5.74, 6) is 0.582. The van der Waals surface area contributed by atoms with Crippen molar-refractivity contribution in [3.8, 4) is 11.5 Å². The van der Waals surface area contributed by atoms with E-state index < -0.39 is 10.2 Å². The topological polar surface area (TPSA) is 69.9 Å². The van der Waals surface area contributed by atoms with E-state index in [9.17, 15) is 12.8 Å². The molecule has 0 aliphatic carbocycles. The van der Waals surface area contributed by atoms with Crippen LogP contribution in [0.25, 0.3) is 11.5 Å². The number of halogens is 1. The number of oxazole rings is 1. The van der Waals surface area contributed by atoms with Crippen LogP contribution in [0.1, 0.15) is 37.1 Å². The lowest BCUT2D eigenvalue weighted by Gasteiger charge is -2.31. The number of aromatic nitrogens is 1. The monoisotopic (exact) mass is 436 g/mol. The van der Waals surface area contributed by atoms with Crippen molar-refractivity contribution in [3.05, 3.63) is 41.5 Å². The molecule has 164 valence electrons. The predicted molar refractivity (Wildman–Crippen MR) is 112 cm³/mol. The zero-order chi connectivity index (χ0) is 21.1. The minimum Gasteiger partial charge on any atom is -0.441 e. The first-order valence-electron chi connectivity index (χ1n) is 10.6. The summed E-state index contributed by atoms with van der Waals surface area (Å²) in [6.45, 7) is 6.06. The first-order chi connectivity index (χ1) is 14.4. The molecular weight excluding hydrogens is 407 g/mol. The summed E-state index contributed by atoms with van der Waals surface area (Å²) < 4.78 is 49.0. The lowest BCUT2D eigenvalue weighted by atomic mass is 10.2. The second-order valence-corrected chi connectivity index (χ2v) is 9.93. The molecule has 2 aromatic rings. The van der Waals surface area contributed by atoms with Crippen LogP contribution in [-0.2, 0) is 16.8 Å². The smallest absolute Gasteiger partial charge is 0.282 e. The molecule has 0 bridgehead atoms. The molecule has 1 aromatic heterocycles. The molecule has 2 fully saturated rings. The lowest BCUT2D eigenvalue weighted by Crippen LogP contribution is -2.47. The summed E-state index contributed by atoms with van der Waals surface area (Å²) in [4.78, 5) is 6.71. The highest BCUT2D eigenvalue weighted by molar-refractivity contribution is 7.86. The number of rotatable bonds is 5. The van der Waals surface area contributed by atoms with Crippen molar-refractivity contribution in [1.82, 2.24) is 18.5 Å². The van der Waals surface area contributed by atoms with E-state index in [0.29, 0.717) is 50.6 Å². The molecule has 3 heterocycles. The van der Waals surface area contributed by atoms with Crippen molar-refractivity contribution in [1.29, 1.82) is 0 Å². The molecule has 9 heteroatoms. The first kappa shape index (κ1) is 21.4. The third kappa shape index (κ3) is 4.59. The Morgan fingerprint density at radius 2 is 1.67 bits per heavy atom. The van der Waals surface area contributed by atoms with Gasteiger partial charge >= 0.3 is 0 Å². The number of benzene rings is 1. The van der Waals surface area contributed by atoms with E-state index in [1.165, 1.54) is 6.07 Å². The summed E-state index contributed by atoms with van der Waals surface area (Å²) in [5, 5.41) is 0. The van der Waals surface area contributed by atoms with Crippen molar-refractivity contribution >= 4 is 10.2 Å². The molecule has 0 saturated carbocycles. The zero-order valence-electron chi connectivity index (χ0n) is 17.4. The van der Waals surface area contributed by atoms with Crippen LogP contribution in [0.2, 0.25) is 0 Å². The van der Waals surface area contributed by atoms with E-state index in [-0.39, 0.29) is 11.7 Å². The van der Waals surface area contributed by atoms with Crippen LogP contribution in [0.15, 0.2) is 28.7 Å². The fourth-order valence-corrected chi connectivity index (χ4v) is 5.85. The Labute approximate surface area is 177 Å². The van der Waals surface area contributed by atoms with Crippen LogP contribution in [0.4, 0.5) is 4.39 Å². The van der Waals surface area contributed by atoms with Gasteiger partial charge in [0, 0.05) is 39.3 Å². The van der Waals surface area contributed by atoms with Gasteiger partial charge in [-0.25, -0.2) is 9.37 Å². The second-order valence-electron chi connectivity index (χ2n) is 8.00. The van der Waals surface area contributed by atoms with Crippen molar-refractivity contribution in [2.75, 3.05) is 39.3 Å². The maximum absolute atomic E-state index is 14.1. The molecule has 1 aromatic carbocycles. The highest BCUT2D eigenvalue weighted by atomic mass is 32.2. The molecule has 0 atom stereocenters. The van der Waals surface area contributed by atoms with Crippen LogP contribution >= 0.6 is 0 Å². The van der Waals surface area contributed by atoms with Gasteiger partial charge in [0.25, 0.3) is 10.2 Å². The van der Waals surface area contributed by atoms with Gasteiger partial charge in [0.2, 0.25) is 5.89 Å². The summed E-state index contributed by atoms with van der Waals surface area (Å²) in [5.41, 5.74) is 1.11. The van der Waals surface area contributed by atoms with E-state index in [2.05, 4.69) is 9.88 Å². The first-order valence-corrected chi connectivity index (χ1v) is 12.0. The van der Waals surface area contributed by atoms with Gasteiger partial charge in [-0.1, -0.05) is 18.6 Å². The molecular formula is C21H29FN4O3S. The van der Waals surface area contributed by atoms with E-state index in [1.807, 2.05) is 6.92 Å². The third-order valence-electron chi connectivity index (χ3n) is 5.89. The van der Waals surface area contributed by atoms with Crippen molar-refractivity contribution in [2.24, 2.45) is 0 Å². The normalized spacial score (nSPS) is 20.3. The van der Waals surface area contributed by atoms with Gasteiger partial charge in [0.05, 0.1) is 11.3 Å². The van der Waals surface area contributed by atoms with Crippen LogP contribution in [0.5, 0.6) is 0 Å². The Balaban J connectivity index is 1.42. The van der Waals surface area contributed by atoms with E-state index in [4.69, 9.17) is 4.42 Å². The van der Waals surface area contributed by atoms with Crippen LogP contribution < -0.4 is 0 Å². The van der Waals surface area contributed by atoms with Crippen molar-refractivity contribution < 1.29 is 17.2 Å². The SMILES string of the molecule is Cc1oc(-c2ccccc2F)nc1CN1CCCN(S(=O)(=O)N2CCCCC2)CC1. The lowest BCUT2D eigenvalue weighted by molar-refractivity contribution is 0.268. The van der Waals surface area contributed by atoms with Crippen LogP contribution in [0, 0.1) is 12.7 Å². The maximum Gasteiger partial charge on any atom is 0.282 e. The predicted octanol–water partition coefficient (Wildman–Crippen LogP) is 3.03. The molecule has 0 spiro atoms. The Bertz CT molecular complexity index is 972. The van der Waals surface area contributed by atoms with Crippen LogP contribution in [-0.4, -0.2) is 66.2 Å². The fraction of sp³-hybridized carbons (Fsp3) is 0.571. The van der Waals surface area contributed by atoms with Gasteiger partial charge in [-0.15, -0.1) is 0 Å². The summed E-state index contributed by atoms with van der Waals surface area (Å²) >= 11 is 0. The van der Waals surface area contributed by atoms with Gasteiger partial charge in [-0.3, -0.25) is 4.90 Å². The van der Waals surface area contributed by atoms with Crippen LogP contribution in [0.3, 0.4) is 0 Å². The van der Waals surface area contributed by atoms with Crippen molar-refractivity contribution in [3.63, 3.8) is 0 Å². The quantitative estimate of drug-likeness (QED) is 0.721. The minimum absolute atomic E-state index is 0.282. The fourth-order valence-electron chi connectivity index (χ4n) is 4.13. The standard InChI is InChI=1S/C21H29FN4O3S/c1-17-20(23-21(29-17)18-8-3-4-9-19(18)22)16-24-10-7-13-26(15-14-24)30(27,28)25-11-5-2-6-12-25/h3-4,8-9H,2,5-7,10-16H2,1H3. The number of piperidine rings is 1. The van der Waals surface area contributed by atoms with E-state index in [1.54, 1.807) is 26.8 Å². The molecule has 7 nitrogen and oxygen atoms in total. The summed E-state index contributed by atoms with van der Waals surface area (Å²) in [7, 11) is -3.39. The molecule has 0 N–H and O–H groups in total. The minimum atomic E-state index is -3.39. The van der Waals surface area contributed by atoms with Gasteiger partial charge < -0.3 is 4.42 Å². The molecule has 4 rings (SSSR count). The molecule has 2 aliphatic rings. The Morgan fingerprint density at radius 3 is 2.43 bits per heavy atom. The number of hydrogen-bond acceptors (Lipinski definition) is 5. The summed E-state index contributed by atoms with van der Waals surface area (Å²) in [6, 6.07) is 6.43. The van der Waals surface area contributed by atoms with Gasteiger partial charge in [-0.2, -0.15) is 17.0 Å². The van der Waals surface area contributed by atoms with E-state index >= 15 is 0 Å². The average Bonchev–Trinajstić information content (AvgIpc) is 2.95. The molecule has 2 aliphatic heterocycles. The molecule has 0 amide bonds. The number of aryl methyl sites for hydroxylation is 1. The van der Waals surface area contributed by atoms with E-state index in [0.717, 1.165) is 37.9 Å². The van der Waals surface area contributed by atoms with Gasteiger partial charge in [0.15, 0.2) is 0 Å².